The first kappa shape index (κ1) is 32.8. The average molecular weight is 675 g/mol. The smallest absolute Gasteiger partial charge is 0.497 e. The molecule has 0 atom stereocenters. The van der Waals surface area contributed by atoms with Crippen LogP contribution in [0.25, 0.3) is 11.3 Å². The Balaban J connectivity index is 1.27. The lowest BCUT2D eigenvalue weighted by atomic mass is 10.1. The molecular weight excluding hydrogens is 645 g/mol. The van der Waals surface area contributed by atoms with Gasteiger partial charge in [-0.05, 0) is 47.5 Å². The van der Waals surface area contributed by atoms with Crippen molar-refractivity contribution in [3.8, 4) is 34.4 Å². The number of ether oxygens (including phenoxy) is 4. The number of aromatic nitrogens is 4. The van der Waals surface area contributed by atoms with E-state index in [-0.39, 0.29) is 42.9 Å². The third-order valence-corrected chi connectivity index (χ3v) is 7.49. The second kappa shape index (κ2) is 13.9. The Bertz CT molecular complexity index is 1970. The van der Waals surface area contributed by atoms with Crippen LogP contribution in [-0.4, -0.2) is 65.3 Å². The Morgan fingerprint density at radius 1 is 0.918 bits per heavy atom. The number of methoxy groups -OCH3 is 2. The van der Waals surface area contributed by atoms with Crippen molar-refractivity contribution < 1.29 is 41.7 Å². The molecule has 0 saturated carbocycles. The number of hydrogen-bond acceptors (Lipinski definition) is 9. The van der Waals surface area contributed by atoms with Crippen LogP contribution >= 0.6 is 0 Å². The Kier molecular flexibility index (Phi) is 9.33. The van der Waals surface area contributed by atoms with Crippen LogP contribution in [0.3, 0.4) is 0 Å². The van der Waals surface area contributed by atoms with E-state index >= 15 is 0 Å². The molecule has 6 rings (SSSR count). The molecule has 0 aliphatic carbocycles. The maximum atomic E-state index is 13.4. The van der Waals surface area contributed by atoms with Gasteiger partial charge in [-0.2, -0.15) is 5.10 Å². The van der Waals surface area contributed by atoms with Gasteiger partial charge in [0, 0.05) is 11.6 Å². The fourth-order valence-electron chi connectivity index (χ4n) is 5.21. The molecule has 3 aromatic carbocycles. The number of hydrogen-bond donors (Lipinski definition) is 1. The van der Waals surface area contributed by atoms with Crippen molar-refractivity contribution in [3.05, 3.63) is 102 Å². The molecule has 1 aliphatic rings. The van der Waals surface area contributed by atoms with Gasteiger partial charge < -0.3 is 29.2 Å². The molecule has 0 fully saturated rings. The van der Waals surface area contributed by atoms with Crippen LogP contribution in [-0.2, 0) is 17.8 Å². The topological polar surface area (TPSA) is 130 Å². The van der Waals surface area contributed by atoms with Crippen molar-refractivity contribution >= 4 is 23.3 Å². The van der Waals surface area contributed by atoms with Crippen molar-refractivity contribution in [3.63, 3.8) is 0 Å². The van der Waals surface area contributed by atoms with Crippen molar-refractivity contribution in [1.29, 1.82) is 0 Å². The van der Waals surface area contributed by atoms with Crippen LogP contribution in [0.1, 0.15) is 21.6 Å². The monoisotopic (exact) mass is 674 g/mol. The molecule has 0 radical (unpaired) electrons. The van der Waals surface area contributed by atoms with E-state index in [1.165, 1.54) is 42.6 Å². The van der Waals surface area contributed by atoms with E-state index in [9.17, 15) is 22.8 Å². The Hall–Kier alpha value is -6.12. The minimum atomic E-state index is -4.84. The highest BCUT2D eigenvalue weighted by Gasteiger charge is 2.31. The molecule has 3 heterocycles. The first-order valence-electron chi connectivity index (χ1n) is 14.9. The summed E-state index contributed by atoms with van der Waals surface area (Å²) in [6.07, 6.45) is -2.36. The standard InChI is InChI=1S/C34H29F3N6O6/c1-46-24-9-6-21(7-10-24)20-43-28(17-30(41-43)40-33(45)26-18-39-31(47-2)19-38-26)23-8-11-27-29(16-23)48-13-12-42(27)32(44)15-22-4-3-5-25(14-22)49-34(35,36)37/h3-11,14,16-19H,12-13,15,20H2,1-2H3,(H,40,41,45). The molecular formula is C34H29F3N6O6. The number of halogens is 3. The maximum absolute atomic E-state index is 13.4. The molecule has 0 spiro atoms. The Labute approximate surface area is 278 Å². The third kappa shape index (κ3) is 7.89. The van der Waals surface area contributed by atoms with E-state index in [1.54, 1.807) is 42.1 Å². The minimum absolute atomic E-state index is 0.0681. The van der Waals surface area contributed by atoms with E-state index in [4.69, 9.17) is 14.2 Å². The lowest BCUT2D eigenvalue weighted by Gasteiger charge is -2.30. The predicted molar refractivity (Wildman–Crippen MR) is 171 cm³/mol. The van der Waals surface area contributed by atoms with Gasteiger partial charge >= 0.3 is 6.36 Å². The van der Waals surface area contributed by atoms with Crippen LogP contribution in [0.5, 0.6) is 23.1 Å². The van der Waals surface area contributed by atoms with E-state index in [0.717, 1.165) is 5.56 Å². The van der Waals surface area contributed by atoms with E-state index in [0.29, 0.717) is 40.6 Å². The van der Waals surface area contributed by atoms with Gasteiger partial charge in [-0.15, -0.1) is 13.2 Å². The number of alkyl halides is 3. The lowest BCUT2D eigenvalue weighted by Crippen LogP contribution is -2.38. The zero-order chi connectivity index (χ0) is 34.5. The molecule has 252 valence electrons. The fourth-order valence-corrected chi connectivity index (χ4v) is 5.21. The van der Waals surface area contributed by atoms with Crippen LogP contribution in [0.2, 0.25) is 0 Å². The molecule has 1 N–H and O–H groups in total. The highest BCUT2D eigenvalue weighted by molar-refractivity contribution is 6.02. The second-order valence-electron chi connectivity index (χ2n) is 10.8. The number of rotatable bonds is 10. The molecule has 1 aliphatic heterocycles. The highest BCUT2D eigenvalue weighted by Crippen LogP contribution is 2.37. The summed E-state index contributed by atoms with van der Waals surface area (Å²) in [7, 11) is 3.03. The predicted octanol–water partition coefficient (Wildman–Crippen LogP) is 5.52. The van der Waals surface area contributed by atoms with Crippen molar-refractivity contribution in [2.24, 2.45) is 0 Å². The second-order valence-corrected chi connectivity index (χ2v) is 10.8. The van der Waals surface area contributed by atoms with Gasteiger partial charge in [0.15, 0.2) is 5.82 Å². The molecule has 2 aromatic heterocycles. The molecule has 0 saturated heterocycles. The number of carbonyl (C=O) groups excluding carboxylic acids is 2. The van der Waals surface area contributed by atoms with Gasteiger partial charge in [0.05, 0.1) is 57.5 Å². The van der Waals surface area contributed by atoms with Gasteiger partial charge in [-0.25, -0.2) is 9.97 Å². The highest BCUT2D eigenvalue weighted by atomic mass is 19.4. The number of nitrogens with one attached hydrogen (secondary N) is 1. The number of anilines is 2. The van der Waals surface area contributed by atoms with Gasteiger partial charge in [-0.1, -0.05) is 30.3 Å². The number of carbonyl (C=O) groups is 2. The van der Waals surface area contributed by atoms with Gasteiger partial charge in [0.1, 0.15) is 29.5 Å². The van der Waals surface area contributed by atoms with Crippen molar-refractivity contribution in [2.75, 3.05) is 37.6 Å². The Morgan fingerprint density at radius 2 is 1.73 bits per heavy atom. The van der Waals surface area contributed by atoms with Crippen molar-refractivity contribution in [2.45, 2.75) is 19.3 Å². The van der Waals surface area contributed by atoms with Crippen LogP contribution in [0, 0.1) is 0 Å². The van der Waals surface area contributed by atoms with Gasteiger partial charge in [0.25, 0.3) is 5.91 Å². The van der Waals surface area contributed by atoms with Crippen LogP contribution in [0.4, 0.5) is 24.7 Å². The van der Waals surface area contributed by atoms with E-state index in [2.05, 4.69) is 25.1 Å². The summed E-state index contributed by atoms with van der Waals surface area (Å²) in [5.41, 5.74) is 3.20. The summed E-state index contributed by atoms with van der Waals surface area (Å²) >= 11 is 0. The third-order valence-electron chi connectivity index (χ3n) is 7.49. The summed E-state index contributed by atoms with van der Waals surface area (Å²) in [5, 5.41) is 7.41. The molecule has 5 aromatic rings. The molecule has 15 heteroatoms. The maximum Gasteiger partial charge on any atom is 0.573 e. The number of nitrogens with zero attached hydrogens (tertiary/aromatic N) is 5. The summed E-state index contributed by atoms with van der Waals surface area (Å²) in [6.45, 7) is 0.801. The van der Waals surface area contributed by atoms with Gasteiger partial charge in [-0.3, -0.25) is 14.3 Å². The molecule has 0 bridgehead atoms. The summed E-state index contributed by atoms with van der Waals surface area (Å²) in [5.74, 6) is 0.421. The SMILES string of the molecule is COc1ccc(Cn2nc(NC(=O)c3cnc(OC)cn3)cc2-c2ccc3c(c2)OCCN3C(=O)Cc2cccc(OC(F)(F)F)c2)cc1. The molecule has 12 nitrogen and oxygen atoms in total. The number of amides is 2. The van der Waals surface area contributed by atoms with Crippen molar-refractivity contribution in [1.82, 2.24) is 19.7 Å². The normalized spacial score (nSPS) is 12.5. The zero-order valence-corrected chi connectivity index (χ0v) is 26.2. The number of benzene rings is 3. The average Bonchev–Trinajstić information content (AvgIpc) is 3.49. The van der Waals surface area contributed by atoms with Gasteiger partial charge in [0.2, 0.25) is 11.8 Å². The summed E-state index contributed by atoms with van der Waals surface area (Å²) < 4.78 is 60.1. The molecule has 49 heavy (non-hydrogen) atoms. The molecule has 0 unspecified atom stereocenters. The van der Waals surface area contributed by atoms with Crippen LogP contribution in [0.15, 0.2) is 85.2 Å². The van der Waals surface area contributed by atoms with E-state index in [1.807, 2.05) is 24.3 Å². The summed E-state index contributed by atoms with van der Waals surface area (Å²) in [4.78, 5) is 36.0. The lowest BCUT2D eigenvalue weighted by molar-refractivity contribution is -0.274. The largest absolute Gasteiger partial charge is 0.573 e. The minimum Gasteiger partial charge on any atom is -0.497 e. The first-order valence-corrected chi connectivity index (χ1v) is 14.9. The summed E-state index contributed by atoms with van der Waals surface area (Å²) in [6, 6.07) is 19.8. The quantitative estimate of drug-likeness (QED) is 0.203. The van der Waals surface area contributed by atoms with Crippen LogP contribution < -0.4 is 29.2 Å². The fraction of sp³-hybridized carbons (Fsp3) is 0.206. The molecule has 2 amide bonds. The number of fused-ring (bicyclic) bond motifs is 1. The van der Waals surface area contributed by atoms with E-state index < -0.39 is 18.0 Å². The first-order chi connectivity index (χ1) is 23.6. The zero-order valence-electron chi connectivity index (χ0n) is 26.2. The Morgan fingerprint density at radius 3 is 2.45 bits per heavy atom.